The molecule has 1 aliphatic heterocycles. The number of aliphatic hydroxyl groups excluding tert-OH is 1. The molecule has 1 aliphatic rings. The molecule has 0 spiro atoms. The quantitative estimate of drug-likeness (QED) is 0.862. The van der Waals surface area contributed by atoms with Gasteiger partial charge in [0.15, 0.2) is 5.82 Å². The lowest BCUT2D eigenvalue weighted by molar-refractivity contribution is 0.141. The first-order valence-corrected chi connectivity index (χ1v) is 6.18. The summed E-state index contributed by atoms with van der Waals surface area (Å²) < 4.78 is 5.26. The normalized spacial score (nSPS) is 22.2. The van der Waals surface area contributed by atoms with Crippen LogP contribution in [0.15, 0.2) is 4.52 Å². The zero-order chi connectivity index (χ0) is 12.5. The molecule has 96 valence electrons. The van der Waals surface area contributed by atoms with Gasteiger partial charge in [-0.1, -0.05) is 25.9 Å². The van der Waals surface area contributed by atoms with Crippen LogP contribution in [0.2, 0.25) is 0 Å². The van der Waals surface area contributed by atoms with Crippen molar-refractivity contribution in [2.24, 2.45) is 0 Å². The summed E-state index contributed by atoms with van der Waals surface area (Å²) in [6.45, 7) is 8.04. The van der Waals surface area contributed by atoms with E-state index in [1.54, 1.807) is 0 Å². The second-order valence-corrected chi connectivity index (χ2v) is 5.71. The lowest BCUT2D eigenvalue weighted by Gasteiger charge is -2.20. The maximum atomic E-state index is 9.24. The smallest absolute Gasteiger partial charge is 0.240 e. The van der Waals surface area contributed by atoms with E-state index in [2.05, 4.69) is 35.8 Å². The Morgan fingerprint density at radius 3 is 2.82 bits per heavy atom. The van der Waals surface area contributed by atoms with Crippen molar-refractivity contribution in [3.05, 3.63) is 11.7 Å². The van der Waals surface area contributed by atoms with Crippen molar-refractivity contribution in [1.82, 2.24) is 15.0 Å². The van der Waals surface area contributed by atoms with Gasteiger partial charge in [0.25, 0.3) is 0 Å². The van der Waals surface area contributed by atoms with Crippen LogP contribution in [-0.4, -0.2) is 39.3 Å². The van der Waals surface area contributed by atoms with Gasteiger partial charge in [0.05, 0.1) is 13.2 Å². The van der Waals surface area contributed by atoms with E-state index in [1.807, 2.05) is 0 Å². The second kappa shape index (κ2) is 4.74. The molecule has 1 aromatic heterocycles. The van der Waals surface area contributed by atoms with E-state index < -0.39 is 0 Å². The van der Waals surface area contributed by atoms with Gasteiger partial charge in [-0.3, -0.25) is 4.90 Å². The van der Waals surface area contributed by atoms with Crippen LogP contribution < -0.4 is 0 Å². The van der Waals surface area contributed by atoms with Crippen LogP contribution in [0.5, 0.6) is 0 Å². The van der Waals surface area contributed by atoms with E-state index in [0.717, 1.165) is 25.2 Å². The van der Waals surface area contributed by atoms with Crippen LogP contribution in [-0.2, 0) is 12.0 Å². The Balaban J connectivity index is 2.02. The highest BCUT2D eigenvalue weighted by Crippen LogP contribution is 2.21. The second-order valence-electron chi connectivity index (χ2n) is 5.71. The molecule has 0 bridgehead atoms. The topological polar surface area (TPSA) is 62.4 Å². The molecule has 5 nitrogen and oxygen atoms in total. The Morgan fingerprint density at radius 2 is 2.24 bits per heavy atom. The molecule has 2 heterocycles. The Labute approximate surface area is 102 Å². The fraction of sp³-hybridized carbons (Fsp3) is 0.833. The SMILES string of the molecule is CC(C)(C)c1noc(CN2CCC[C@@H]2CO)n1. The highest BCUT2D eigenvalue weighted by atomic mass is 16.5. The summed E-state index contributed by atoms with van der Waals surface area (Å²) in [5.41, 5.74) is -0.0802. The molecule has 17 heavy (non-hydrogen) atoms. The number of hydrogen-bond donors (Lipinski definition) is 1. The summed E-state index contributed by atoms with van der Waals surface area (Å²) in [5, 5.41) is 13.2. The zero-order valence-electron chi connectivity index (χ0n) is 10.8. The third-order valence-corrected chi connectivity index (χ3v) is 3.19. The molecule has 1 saturated heterocycles. The van der Waals surface area contributed by atoms with Crippen molar-refractivity contribution in [1.29, 1.82) is 0 Å². The average Bonchev–Trinajstić information content (AvgIpc) is 2.86. The van der Waals surface area contributed by atoms with Gasteiger partial charge in [0.2, 0.25) is 5.89 Å². The lowest BCUT2D eigenvalue weighted by atomic mass is 9.96. The number of aromatic nitrogens is 2. The minimum absolute atomic E-state index is 0.0802. The number of hydrogen-bond acceptors (Lipinski definition) is 5. The van der Waals surface area contributed by atoms with E-state index >= 15 is 0 Å². The van der Waals surface area contributed by atoms with Crippen LogP contribution in [0.1, 0.15) is 45.3 Å². The summed E-state index contributed by atoms with van der Waals surface area (Å²) in [7, 11) is 0. The summed E-state index contributed by atoms with van der Waals surface area (Å²) in [6, 6.07) is 0.250. The number of aliphatic hydroxyl groups is 1. The number of rotatable bonds is 3. The third-order valence-electron chi connectivity index (χ3n) is 3.19. The molecule has 1 fully saturated rings. The van der Waals surface area contributed by atoms with Crippen LogP contribution >= 0.6 is 0 Å². The molecule has 2 rings (SSSR count). The summed E-state index contributed by atoms with van der Waals surface area (Å²) >= 11 is 0. The molecule has 0 saturated carbocycles. The fourth-order valence-corrected chi connectivity index (χ4v) is 2.11. The van der Waals surface area contributed by atoms with Crippen LogP contribution in [0.4, 0.5) is 0 Å². The molecular weight excluding hydrogens is 218 g/mol. The lowest BCUT2D eigenvalue weighted by Crippen LogP contribution is -2.31. The summed E-state index contributed by atoms with van der Waals surface area (Å²) in [6.07, 6.45) is 2.18. The Hall–Kier alpha value is -0.940. The molecule has 1 atom stereocenters. The molecule has 1 aromatic rings. The maximum absolute atomic E-state index is 9.24. The van der Waals surface area contributed by atoms with Crippen molar-refractivity contribution < 1.29 is 9.63 Å². The van der Waals surface area contributed by atoms with E-state index in [4.69, 9.17) is 4.52 Å². The van der Waals surface area contributed by atoms with Crippen LogP contribution in [0.3, 0.4) is 0 Å². The molecule has 0 radical (unpaired) electrons. The summed E-state index contributed by atoms with van der Waals surface area (Å²) in [4.78, 5) is 6.62. The first kappa shape index (κ1) is 12.5. The largest absolute Gasteiger partial charge is 0.395 e. The Morgan fingerprint density at radius 1 is 1.47 bits per heavy atom. The van der Waals surface area contributed by atoms with Gasteiger partial charge < -0.3 is 9.63 Å². The van der Waals surface area contributed by atoms with Crippen LogP contribution in [0.25, 0.3) is 0 Å². The van der Waals surface area contributed by atoms with E-state index in [0.29, 0.717) is 12.4 Å². The fourth-order valence-electron chi connectivity index (χ4n) is 2.11. The Bertz CT molecular complexity index is 370. The van der Waals surface area contributed by atoms with E-state index in [9.17, 15) is 5.11 Å². The first-order valence-electron chi connectivity index (χ1n) is 6.18. The zero-order valence-corrected chi connectivity index (χ0v) is 10.8. The standard InChI is InChI=1S/C12H21N3O2/c1-12(2,3)11-13-10(17-14-11)7-15-6-4-5-9(15)8-16/h9,16H,4-8H2,1-3H3/t9-/m1/s1. The van der Waals surface area contributed by atoms with Crippen molar-refractivity contribution in [3.8, 4) is 0 Å². The molecule has 0 aromatic carbocycles. The van der Waals surface area contributed by atoms with Gasteiger partial charge in [-0.2, -0.15) is 4.98 Å². The third kappa shape index (κ3) is 2.84. The van der Waals surface area contributed by atoms with Gasteiger partial charge in [-0.15, -0.1) is 0 Å². The highest BCUT2D eigenvalue weighted by molar-refractivity contribution is 5.00. The number of likely N-dealkylation sites (tertiary alicyclic amines) is 1. The van der Waals surface area contributed by atoms with Crippen molar-refractivity contribution in [2.75, 3.05) is 13.2 Å². The molecular formula is C12H21N3O2. The Kier molecular flexibility index (Phi) is 3.49. The summed E-state index contributed by atoms with van der Waals surface area (Å²) in [5.74, 6) is 1.39. The minimum Gasteiger partial charge on any atom is -0.395 e. The first-order chi connectivity index (χ1) is 8.00. The maximum Gasteiger partial charge on any atom is 0.240 e. The van der Waals surface area contributed by atoms with Gasteiger partial charge in [0.1, 0.15) is 0 Å². The molecule has 5 heteroatoms. The van der Waals surface area contributed by atoms with Gasteiger partial charge in [-0.25, -0.2) is 0 Å². The van der Waals surface area contributed by atoms with Gasteiger partial charge >= 0.3 is 0 Å². The van der Waals surface area contributed by atoms with Gasteiger partial charge in [0, 0.05) is 11.5 Å². The predicted molar refractivity (Wildman–Crippen MR) is 63.5 cm³/mol. The molecule has 0 amide bonds. The van der Waals surface area contributed by atoms with Crippen LogP contribution in [0, 0.1) is 0 Å². The van der Waals surface area contributed by atoms with Crippen molar-refractivity contribution in [2.45, 2.75) is 51.6 Å². The minimum atomic E-state index is -0.0802. The van der Waals surface area contributed by atoms with Gasteiger partial charge in [-0.05, 0) is 19.4 Å². The molecule has 0 unspecified atom stereocenters. The highest BCUT2D eigenvalue weighted by Gasteiger charge is 2.27. The molecule has 0 aliphatic carbocycles. The van der Waals surface area contributed by atoms with E-state index in [1.165, 1.54) is 0 Å². The van der Waals surface area contributed by atoms with E-state index in [-0.39, 0.29) is 18.1 Å². The average molecular weight is 239 g/mol. The van der Waals surface area contributed by atoms with Crippen molar-refractivity contribution >= 4 is 0 Å². The monoisotopic (exact) mass is 239 g/mol. The molecule has 1 N–H and O–H groups in total. The number of nitrogens with zero attached hydrogens (tertiary/aromatic N) is 3. The van der Waals surface area contributed by atoms with Crippen molar-refractivity contribution in [3.63, 3.8) is 0 Å². The predicted octanol–water partition coefficient (Wildman–Crippen LogP) is 1.32.